The first-order valence-corrected chi connectivity index (χ1v) is 5.15. The van der Waals surface area contributed by atoms with E-state index < -0.39 is 10.4 Å². The summed E-state index contributed by atoms with van der Waals surface area (Å²) < 4.78 is 32.6. The Bertz CT molecular complexity index is 225. The van der Waals surface area contributed by atoms with Gasteiger partial charge in [-0.3, -0.25) is 9.11 Å². The monoisotopic (exact) mass is 212 g/mol. The summed E-state index contributed by atoms with van der Waals surface area (Å²) in [7, 11) is -0.274. The molecule has 0 spiro atoms. The summed E-state index contributed by atoms with van der Waals surface area (Å²) in [6, 6.07) is 0. The quantitative estimate of drug-likeness (QED) is 0.408. The molecule has 0 amide bonds. The second-order valence-electron chi connectivity index (χ2n) is 3.17. The van der Waals surface area contributed by atoms with Crippen molar-refractivity contribution in [2.75, 3.05) is 27.2 Å². The molecule has 6 heteroatoms. The zero-order chi connectivity index (χ0) is 11.1. The lowest BCUT2D eigenvalue weighted by Crippen LogP contribution is -2.38. The molecule has 13 heavy (non-hydrogen) atoms. The van der Waals surface area contributed by atoms with Crippen LogP contribution in [0.15, 0.2) is 12.7 Å². The molecule has 0 radical (unpaired) electrons. The molecule has 0 fully saturated rings. The average molecular weight is 212 g/mol. The molecule has 0 aliphatic carbocycles. The van der Waals surface area contributed by atoms with Crippen LogP contribution in [0.4, 0.5) is 0 Å². The van der Waals surface area contributed by atoms with E-state index in [0.717, 1.165) is 11.0 Å². The zero-order valence-electron chi connectivity index (χ0n) is 8.27. The standard InChI is InChI=1S/C7H16N.H2O4S/c1-5-7-8(3,4)6-2;1-5(2,3)4/h5H,1,6-7H2,2-4H3;(H2,1,2,3,4)/q+1;. The van der Waals surface area contributed by atoms with E-state index in [0.29, 0.717) is 0 Å². The van der Waals surface area contributed by atoms with Crippen LogP contribution in [-0.2, 0) is 10.4 Å². The van der Waals surface area contributed by atoms with E-state index in [2.05, 4.69) is 27.6 Å². The van der Waals surface area contributed by atoms with Crippen molar-refractivity contribution in [3.05, 3.63) is 12.7 Å². The van der Waals surface area contributed by atoms with Crippen LogP contribution in [0.3, 0.4) is 0 Å². The highest BCUT2D eigenvalue weighted by molar-refractivity contribution is 7.79. The summed E-state index contributed by atoms with van der Waals surface area (Å²) in [5.74, 6) is 0. The summed E-state index contributed by atoms with van der Waals surface area (Å²) in [4.78, 5) is 0. The molecule has 80 valence electrons. The van der Waals surface area contributed by atoms with Crippen LogP contribution in [0.5, 0.6) is 0 Å². The maximum absolute atomic E-state index is 8.74. The molecular weight excluding hydrogens is 194 g/mol. The predicted octanol–water partition coefficient (Wildman–Crippen LogP) is 0.616. The van der Waals surface area contributed by atoms with Crippen LogP contribution in [-0.4, -0.2) is 49.2 Å². The minimum atomic E-state index is -4.67. The maximum Gasteiger partial charge on any atom is 0.394 e. The number of nitrogens with zero attached hydrogens (tertiary/aromatic N) is 1. The van der Waals surface area contributed by atoms with Gasteiger partial charge in [0.25, 0.3) is 0 Å². The molecule has 0 aliphatic heterocycles. The van der Waals surface area contributed by atoms with Crippen molar-refractivity contribution in [1.82, 2.24) is 0 Å². The lowest BCUT2D eigenvalue weighted by Gasteiger charge is -2.26. The molecule has 2 N–H and O–H groups in total. The van der Waals surface area contributed by atoms with Gasteiger partial charge in [0.15, 0.2) is 0 Å². The second-order valence-corrected chi connectivity index (χ2v) is 4.07. The highest BCUT2D eigenvalue weighted by Gasteiger charge is 2.06. The molecular formula is C7H18NO4S+. The van der Waals surface area contributed by atoms with Crippen molar-refractivity contribution in [2.24, 2.45) is 0 Å². The van der Waals surface area contributed by atoms with Gasteiger partial charge in [-0.1, -0.05) is 6.58 Å². The lowest BCUT2D eigenvalue weighted by molar-refractivity contribution is -0.882. The number of hydrogen-bond acceptors (Lipinski definition) is 2. The fourth-order valence-electron chi connectivity index (χ4n) is 0.479. The van der Waals surface area contributed by atoms with Gasteiger partial charge in [-0.05, 0) is 13.0 Å². The van der Waals surface area contributed by atoms with Gasteiger partial charge in [0.1, 0.15) is 0 Å². The molecule has 0 unspecified atom stereocenters. The fourth-order valence-corrected chi connectivity index (χ4v) is 0.479. The van der Waals surface area contributed by atoms with Gasteiger partial charge in [-0.15, -0.1) is 0 Å². The Morgan fingerprint density at radius 3 is 1.77 bits per heavy atom. The van der Waals surface area contributed by atoms with Gasteiger partial charge in [0.05, 0.1) is 27.2 Å². The normalized spacial score (nSPS) is 11.5. The van der Waals surface area contributed by atoms with Gasteiger partial charge < -0.3 is 4.48 Å². The summed E-state index contributed by atoms with van der Waals surface area (Å²) >= 11 is 0. The first-order valence-electron chi connectivity index (χ1n) is 3.75. The Labute approximate surface area is 79.8 Å². The topological polar surface area (TPSA) is 74.6 Å². The first kappa shape index (κ1) is 15.1. The maximum atomic E-state index is 8.74. The average Bonchev–Trinajstić information content (AvgIpc) is 1.84. The van der Waals surface area contributed by atoms with Crippen molar-refractivity contribution < 1.29 is 22.0 Å². The van der Waals surface area contributed by atoms with Gasteiger partial charge >= 0.3 is 10.4 Å². The lowest BCUT2D eigenvalue weighted by atomic mass is 10.4. The van der Waals surface area contributed by atoms with E-state index in [9.17, 15) is 0 Å². The predicted molar refractivity (Wildman–Crippen MR) is 51.9 cm³/mol. The molecule has 0 aliphatic rings. The third-order valence-electron chi connectivity index (χ3n) is 1.48. The highest BCUT2D eigenvalue weighted by Crippen LogP contribution is 1.93. The molecule has 0 bridgehead atoms. The minimum absolute atomic E-state index is 1.05. The van der Waals surface area contributed by atoms with Crippen molar-refractivity contribution in [2.45, 2.75) is 6.92 Å². The van der Waals surface area contributed by atoms with Gasteiger partial charge in [-0.2, -0.15) is 8.42 Å². The smallest absolute Gasteiger partial charge is 0.325 e. The van der Waals surface area contributed by atoms with Crippen molar-refractivity contribution in [3.8, 4) is 0 Å². The van der Waals surface area contributed by atoms with E-state index in [1.165, 1.54) is 6.54 Å². The minimum Gasteiger partial charge on any atom is -0.325 e. The molecule has 0 saturated carbocycles. The van der Waals surface area contributed by atoms with Crippen LogP contribution in [0, 0.1) is 0 Å². The van der Waals surface area contributed by atoms with Crippen molar-refractivity contribution in [1.29, 1.82) is 0 Å². The molecule has 5 nitrogen and oxygen atoms in total. The Hall–Kier alpha value is -0.430. The number of hydrogen-bond donors (Lipinski definition) is 2. The molecule has 0 rings (SSSR count). The number of likely N-dealkylation sites (N-methyl/N-ethyl adjacent to an activating group) is 1. The zero-order valence-corrected chi connectivity index (χ0v) is 9.08. The summed E-state index contributed by atoms with van der Waals surface area (Å²) in [6.45, 7) is 8.10. The fraction of sp³-hybridized carbons (Fsp3) is 0.714. The summed E-state index contributed by atoms with van der Waals surface area (Å²) in [5, 5.41) is 0. The highest BCUT2D eigenvalue weighted by atomic mass is 32.3. The Morgan fingerprint density at radius 2 is 1.69 bits per heavy atom. The largest absolute Gasteiger partial charge is 0.394 e. The van der Waals surface area contributed by atoms with E-state index in [1.54, 1.807) is 0 Å². The van der Waals surface area contributed by atoms with E-state index in [-0.39, 0.29) is 0 Å². The van der Waals surface area contributed by atoms with Crippen molar-refractivity contribution in [3.63, 3.8) is 0 Å². The van der Waals surface area contributed by atoms with Gasteiger partial charge in [0.2, 0.25) is 0 Å². The van der Waals surface area contributed by atoms with Gasteiger partial charge in [-0.25, -0.2) is 0 Å². The van der Waals surface area contributed by atoms with Crippen LogP contribution < -0.4 is 0 Å². The molecule has 0 aromatic rings. The number of rotatable bonds is 3. The molecule has 0 heterocycles. The SMILES string of the molecule is C=CC[N+](C)(C)CC.O=S(=O)(O)O. The Balaban J connectivity index is 0. The third-order valence-corrected chi connectivity index (χ3v) is 1.48. The van der Waals surface area contributed by atoms with E-state index in [4.69, 9.17) is 17.5 Å². The van der Waals surface area contributed by atoms with E-state index in [1.807, 2.05) is 6.08 Å². The van der Waals surface area contributed by atoms with Crippen LogP contribution in [0.2, 0.25) is 0 Å². The van der Waals surface area contributed by atoms with E-state index >= 15 is 0 Å². The van der Waals surface area contributed by atoms with Crippen molar-refractivity contribution >= 4 is 10.4 Å². The Kier molecular flexibility index (Phi) is 7.05. The Morgan fingerprint density at radius 1 is 1.38 bits per heavy atom. The number of quaternary nitrogens is 1. The second kappa shape index (κ2) is 6.09. The van der Waals surface area contributed by atoms with Gasteiger partial charge in [0, 0.05) is 0 Å². The van der Waals surface area contributed by atoms with Crippen LogP contribution in [0.1, 0.15) is 6.92 Å². The molecule has 0 aromatic carbocycles. The third kappa shape index (κ3) is 24.5. The summed E-state index contributed by atoms with van der Waals surface area (Å²) in [5.41, 5.74) is 0. The van der Waals surface area contributed by atoms with Crippen LogP contribution >= 0.6 is 0 Å². The first-order chi connectivity index (χ1) is 5.62. The molecule has 0 atom stereocenters. The molecule has 0 saturated heterocycles. The molecule has 0 aromatic heterocycles. The summed E-state index contributed by atoms with van der Waals surface area (Å²) in [6.07, 6.45) is 1.96. The van der Waals surface area contributed by atoms with Crippen LogP contribution in [0.25, 0.3) is 0 Å².